The minimum atomic E-state index is -4.15. The average Bonchev–Trinajstić information content (AvgIpc) is 3.23. The van der Waals surface area contributed by atoms with Gasteiger partial charge in [-0.1, -0.05) is 54.6 Å². The van der Waals surface area contributed by atoms with Gasteiger partial charge in [0, 0.05) is 24.5 Å². The Labute approximate surface area is 221 Å². The van der Waals surface area contributed by atoms with Crippen LogP contribution in [-0.2, 0) is 32.8 Å². The molecule has 2 heterocycles. The van der Waals surface area contributed by atoms with Crippen molar-refractivity contribution < 1.29 is 26.4 Å². The Hall–Kier alpha value is -4.02. The van der Waals surface area contributed by atoms with Gasteiger partial charge in [-0.3, -0.25) is 9.78 Å². The van der Waals surface area contributed by atoms with Crippen LogP contribution < -0.4 is 10.1 Å². The summed E-state index contributed by atoms with van der Waals surface area (Å²) in [6.45, 7) is 0.211. The third-order valence-electron chi connectivity index (χ3n) is 6.28. The molecular formula is C28H24N2O6S2. The molecule has 10 heteroatoms. The largest absolute Gasteiger partial charge is 0.488 e. The van der Waals surface area contributed by atoms with Crippen molar-refractivity contribution in [1.29, 1.82) is 0 Å². The van der Waals surface area contributed by atoms with Crippen LogP contribution in [0.3, 0.4) is 0 Å². The second-order valence-corrected chi connectivity index (χ2v) is 12.9. The number of pyridine rings is 1. The van der Waals surface area contributed by atoms with Gasteiger partial charge in [-0.15, -0.1) is 0 Å². The van der Waals surface area contributed by atoms with Gasteiger partial charge in [0.1, 0.15) is 17.6 Å². The number of carbonyl (C=O) groups is 1. The molecule has 0 bridgehead atoms. The van der Waals surface area contributed by atoms with Crippen molar-refractivity contribution in [2.24, 2.45) is 0 Å². The molecule has 5 rings (SSSR count). The van der Waals surface area contributed by atoms with E-state index in [1.165, 1.54) is 24.3 Å². The minimum Gasteiger partial charge on any atom is -0.488 e. The van der Waals surface area contributed by atoms with Gasteiger partial charge in [0.15, 0.2) is 19.7 Å². The summed E-state index contributed by atoms with van der Waals surface area (Å²) in [7, 11) is -8.13. The van der Waals surface area contributed by atoms with Gasteiger partial charge >= 0.3 is 0 Å². The number of rotatable bonds is 8. The molecule has 0 saturated carbocycles. The lowest BCUT2D eigenvalue weighted by Crippen LogP contribution is -2.26. The van der Waals surface area contributed by atoms with Gasteiger partial charge in [-0.05, 0) is 41.5 Å². The van der Waals surface area contributed by atoms with Crippen molar-refractivity contribution in [2.45, 2.75) is 28.2 Å². The van der Waals surface area contributed by atoms with E-state index in [2.05, 4.69) is 10.3 Å². The van der Waals surface area contributed by atoms with E-state index in [0.29, 0.717) is 0 Å². The van der Waals surface area contributed by atoms with E-state index >= 15 is 0 Å². The normalized spacial score (nSPS) is 15.9. The molecule has 1 unspecified atom stereocenters. The average molecular weight is 549 g/mol. The molecule has 1 aliphatic heterocycles. The zero-order chi connectivity index (χ0) is 26.8. The Kier molecular flexibility index (Phi) is 7.00. The first-order valence-electron chi connectivity index (χ1n) is 11.8. The monoisotopic (exact) mass is 548 g/mol. The number of aromatic nitrogens is 1. The fourth-order valence-electron chi connectivity index (χ4n) is 4.43. The Morgan fingerprint density at radius 3 is 2.29 bits per heavy atom. The summed E-state index contributed by atoms with van der Waals surface area (Å²) in [6.07, 6.45) is 3.20. The third kappa shape index (κ3) is 5.05. The van der Waals surface area contributed by atoms with Crippen LogP contribution in [0.1, 0.15) is 32.3 Å². The summed E-state index contributed by atoms with van der Waals surface area (Å²) in [5.74, 6) is -1.20. The molecule has 0 saturated heterocycles. The zero-order valence-corrected chi connectivity index (χ0v) is 21.8. The summed E-state index contributed by atoms with van der Waals surface area (Å²) in [4.78, 5) is 17.5. The van der Waals surface area contributed by atoms with Crippen molar-refractivity contribution in [1.82, 2.24) is 10.3 Å². The fourth-order valence-corrected chi connectivity index (χ4v) is 8.77. The highest BCUT2D eigenvalue weighted by atomic mass is 32.2. The molecule has 0 spiro atoms. The van der Waals surface area contributed by atoms with E-state index in [1.54, 1.807) is 42.7 Å². The Morgan fingerprint density at radius 1 is 0.921 bits per heavy atom. The Morgan fingerprint density at radius 2 is 1.61 bits per heavy atom. The molecule has 3 aromatic carbocycles. The Balaban J connectivity index is 1.62. The number of ether oxygens (including phenoxy) is 1. The number of hydrogen-bond acceptors (Lipinski definition) is 7. The van der Waals surface area contributed by atoms with E-state index in [4.69, 9.17) is 4.74 Å². The van der Waals surface area contributed by atoms with Crippen LogP contribution >= 0.6 is 0 Å². The summed E-state index contributed by atoms with van der Waals surface area (Å²) in [5.41, 5.74) is 1.38. The standard InChI is InChI=1S/C28H24N2O6S2/c31-28(30-17-21-10-7-15-29-16-21)26-23(36-18-20-8-3-1-4-9-20)13-14-24-27(26)25(19-37(24,32)33)38(34,35)22-11-5-2-6-12-22/h1-16,25H,17-19H2,(H,30,31). The van der Waals surface area contributed by atoms with Crippen molar-refractivity contribution in [3.05, 3.63) is 120 Å². The van der Waals surface area contributed by atoms with Gasteiger partial charge in [0.25, 0.3) is 5.91 Å². The summed E-state index contributed by atoms with van der Waals surface area (Å²) in [6, 6.07) is 23.1. The van der Waals surface area contributed by atoms with E-state index in [0.717, 1.165) is 11.1 Å². The fraction of sp³-hybridized carbons (Fsp3) is 0.143. The second-order valence-electron chi connectivity index (χ2n) is 8.80. The number of hydrogen-bond donors (Lipinski definition) is 1. The van der Waals surface area contributed by atoms with Crippen LogP contribution in [0.5, 0.6) is 5.75 Å². The first kappa shape index (κ1) is 25.6. The van der Waals surface area contributed by atoms with Gasteiger partial charge in [-0.2, -0.15) is 0 Å². The summed E-state index contributed by atoms with van der Waals surface area (Å²) < 4.78 is 59.6. The van der Waals surface area contributed by atoms with E-state index < -0.39 is 36.6 Å². The molecular weight excluding hydrogens is 524 g/mol. The predicted molar refractivity (Wildman–Crippen MR) is 141 cm³/mol. The highest BCUT2D eigenvalue weighted by molar-refractivity contribution is 7.96. The van der Waals surface area contributed by atoms with Gasteiger partial charge in [-0.25, -0.2) is 16.8 Å². The lowest BCUT2D eigenvalue weighted by Gasteiger charge is -2.19. The molecule has 0 radical (unpaired) electrons. The van der Waals surface area contributed by atoms with Crippen LogP contribution in [0, 0.1) is 0 Å². The van der Waals surface area contributed by atoms with Crippen molar-refractivity contribution in [2.75, 3.05) is 5.75 Å². The van der Waals surface area contributed by atoms with Gasteiger partial charge in [0.2, 0.25) is 0 Å². The Bertz CT molecular complexity index is 1680. The number of fused-ring (bicyclic) bond motifs is 1. The minimum absolute atomic E-state index is 0.0228. The van der Waals surface area contributed by atoms with Crippen LogP contribution in [0.2, 0.25) is 0 Å². The third-order valence-corrected chi connectivity index (χ3v) is 10.4. The van der Waals surface area contributed by atoms with Crippen LogP contribution in [0.15, 0.2) is 107 Å². The molecule has 4 aromatic rings. The number of amides is 1. The van der Waals surface area contributed by atoms with Gasteiger partial charge < -0.3 is 10.1 Å². The molecule has 38 heavy (non-hydrogen) atoms. The molecule has 1 amide bonds. The number of benzene rings is 3. The number of sulfone groups is 2. The molecule has 1 aliphatic rings. The molecule has 1 atom stereocenters. The van der Waals surface area contributed by atoms with Crippen molar-refractivity contribution in [3.63, 3.8) is 0 Å². The topological polar surface area (TPSA) is 119 Å². The number of nitrogens with one attached hydrogen (secondary N) is 1. The first-order valence-corrected chi connectivity index (χ1v) is 15.0. The SMILES string of the molecule is O=C(NCc1cccnc1)c1c(OCc2ccccc2)ccc2c1C(S(=O)(=O)c1ccccc1)CS2(=O)=O. The molecule has 194 valence electrons. The van der Waals surface area contributed by atoms with Crippen LogP contribution in [0.4, 0.5) is 0 Å². The quantitative estimate of drug-likeness (QED) is 0.355. The van der Waals surface area contributed by atoms with Crippen LogP contribution in [-0.4, -0.2) is 33.5 Å². The maximum absolute atomic E-state index is 13.7. The predicted octanol–water partition coefficient (Wildman–Crippen LogP) is 3.89. The second kappa shape index (κ2) is 10.4. The first-order chi connectivity index (χ1) is 18.3. The van der Waals surface area contributed by atoms with E-state index in [1.807, 2.05) is 30.3 Å². The molecule has 0 fully saturated rings. The van der Waals surface area contributed by atoms with E-state index in [9.17, 15) is 21.6 Å². The van der Waals surface area contributed by atoms with E-state index in [-0.39, 0.29) is 39.8 Å². The summed E-state index contributed by atoms with van der Waals surface area (Å²) >= 11 is 0. The van der Waals surface area contributed by atoms with Crippen molar-refractivity contribution >= 4 is 25.6 Å². The molecule has 1 N–H and O–H groups in total. The number of nitrogens with zero attached hydrogens (tertiary/aromatic N) is 1. The zero-order valence-electron chi connectivity index (χ0n) is 20.1. The van der Waals surface area contributed by atoms with Crippen molar-refractivity contribution in [3.8, 4) is 5.75 Å². The molecule has 1 aromatic heterocycles. The lowest BCUT2D eigenvalue weighted by molar-refractivity contribution is 0.0945. The van der Waals surface area contributed by atoms with Crippen LogP contribution in [0.25, 0.3) is 0 Å². The maximum Gasteiger partial charge on any atom is 0.255 e. The molecule has 0 aliphatic carbocycles. The maximum atomic E-state index is 13.7. The highest BCUT2D eigenvalue weighted by Crippen LogP contribution is 2.45. The number of carbonyl (C=O) groups excluding carboxylic acids is 1. The highest BCUT2D eigenvalue weighted by Gasteiger charge is 2.46. The smallest absolute Gasteiger partial charge is 0.255 e. The lowest BCUT2D eigenvalue weighted by atomic mass is 10.0. The molecule has 8 nitrogen and oxygen atoms in total. The summed E-state index contributed by atoms with van der Waals surface area (Å²) in [5, 5.41) is 1.31. The van der Waals surface area contributed by atoms with Gasteiger partial charge in [0.05, 0.1) is 21.1 Å².